The van der Waals surface area contributed by atoms with Crippen LogP contribution in [0.5, 0.6) is 0 Å². The second-order valence-electron chi connectivity index (χ2n) is 5.74. The SMILES string of the molecule is CN(C)CCN1CCN(CC2CCCN2)CC1. The zero-order valence-electron chi connectivity index (χ0n) is 11.5. The summed E-state index contributed by atoms with van der Waals surface area (Å²) in [5.74, 6) is 0. The molecule has 0 spiro atoms. The van der Waals surface area contributed by atoms with Gasteiger partial charge in [0.05, 0.1) is 0 Å². The number of nitrogens with one attached hydrogen (secondary N) is 1. The van der Waals surface area contributed by atoms with Crippen LogP contribution in [0.25, 0.3) is 0 Å². The summed E-state index contributed by atoms with van der Waals surface area (Å²) in [7, 11) is 4.31. The van der Waals surface area contributed by atoms with Crippen molar-refractivity contribution in [2.45, 2.75) is 18.9 Å². The van der Waals surface area contributed by atoms with E-state index in [9.17, 15) is 0 Å². The molecule has 2 rings (SSSR count). The molecule has 1 unspecified atom stereocenters. The first-order valence-electron chi connectivity index (χ1n) is 7.07. The van der Waals surface area contributed by atoms with Crippen LogP contribution < -0.4 is 5.32 Å². The predicted octanol–water partition coefficient (Wildman–Crippen LogP) is -0.0824. The highest BCUT2D eigenvalue weighted by molar-refractivity contribution is 4.81. The molecular weight excluding hydrogens is 212 g/mol. The minimum atomic E-state index is 0.767. The first kappa shape index (κ1) is 13.3. The van der Waals surface area contributed by atoms with Gasteiger partial charge in [-0.05, 0) is 33.5 Å². The van der Waals surface area contributed by atoms with Crippen LogP contribution in [0, 0.1) is 0 Å². The molecule has 0 saturated carbocycles. The lowest BCUT2D eigenvalue weighted by Crippen LogP contribution is -2.50. The van der Waals surface area contributed by atoms with Gasteiger partial charge in [-0.15, -0.1) is 0 Å². The van der Waals surface area contributed by atoms with Gasteiger partial charge in [0.2, 0.25) is 0 Å². The Hall–Kier alpha value is -0.160. The van der Waals surface area contributed by atoms with Crippen molar-refractivity contribution in [3.8, 4) is 0 Å². The third-order valence-electron chi connectivity index (χ3n) is 3.97. The van der Waals surface area contributed by atoms with E-state index < -0.39 is 0 Å². The Bertz CT molecular complexity index is 205. The summed E-state index contributed by atoms with van der Waals surface area (Å²) in [4.78, 5) is 7.50. The molecule has 2 aliphatic heterocycles. The fourth-order valence-electron chi connectivity index (χ4n) is 2.76. The lowest BCUT2D eigenvalue weighted by molar-refractivity contribution is 0.119. The Labute approximate surface area is 106 Å². The maximum atomic E-state index is 3.59. The average Bonchev–Trinajstić information content (AvgIpc) is 2.81. The Morgan fingerprint density at radius 2 is 1.82 bits per heavy atom. The number of hydrogen-bond donors (Lipinski definition) is 1. The number of nitrogens with zero attached hydrogens (tertiary/aromatic N) is 3. The molecule has 4 nitrogen and oxygen atoms in total. The molecule has 0 aliphatic carbocycles. The van der Waals surface area contributed by atoms with E-state index >= 15 is 0 Å². The third-order valence-corrected chi connectivity index (χ3v) is 3.97. The zero-order chi connectivity index (χ0) is 12.1. The molecule has 0 aromatic rings. The molecule has 1 atom stereocenters. The third kappa shape index (κ3) is 4.54. The Morgan fingerprint density at radius 3 is 2.41 bits per heavy atom. The summed E-state index contributed by atoms with van der Waals surface area (Å²) in [6, 6.07) is 0.767. The molecule has 2 heterocycles. The van der Waals surface area contributed by atoms with E-state index in [1.807, 2.05) is 0 Å². The second kappa shape index (κ2) is 6.69. The molecule has 0 aromatic heterocycles. The van der Waals surface area contributed by atoms with E-state index in [1.54, 1.807) is 0 Å². The maximum absolute atomic E-state index is 3.59. The summed E-state index contributed by atoms with van der Waals surface area (Å²) in [5.41, 5.74) is 0. The van der Waals surface area contributed by atoms with Gasteiger partial charge in [0.1, 0.15) is 0 Å². The second-order valence-corrected chi connectivity index (χ2v) is 5.74. The van der Waals surface area contributed by atoms with Gasteiger partial charge < -0.3 is 10.2 Å². The molecule has 0 bridgehead atoms. The molecule has 0 amide bonds. The van der Waals surface area contributed by atoms with Crippen molar-refractivity contribution in [1.29, 1.82) is 0 Å². The standard InChI is InChI=1S/C13H28N4/c1-15(2)6-7-16-8-10-17(11-9-16)12-13-4-3-5-14-13/h13-14H,3-12H2,1-2H3. The fourth-order valence-corrected chi connectivity index (χ4v) is 2.76. The molecule has 17 heavy (non-hydrogen) atoms. The van der Waals surface area contributed by atoms with Crippen molar-refractivity contribution in [1.82, 2.24) is 20.0 Å². The maximum Gasteiger partial charge on any atom is 0.0195 e. The van der Waals surface area contributed by atoms with E-state index in [1.165, 1.54) is 65.2 Å². The van der Waals surface area contributed by atoms with E-state index in [0.29, 0.717) is 0 Å². The number of hydrogen-bond acceptors (Lipinski definition) is 4. The van der Waals surface area contributed by atoms with Crippen LogP contribution in [0.2, 0.25) is 0 Å². The van der Waals surface area contributed by atoms with Crippen molar-refractivity contribution in [3.05, 3.63) is 0 Å². The van der Waals surface area contributed by atoms with Crippen LogP contribution in [-0.4, -0.2) is 87.2 Å². The number of likely N-dealkylation sites (N-methyl/N-ethyl adjacent to an activating group) is 1. The Morgan fingerprint density at radius 1 is 1.12 bits per heavy atom. The Balaban J connectivity index is 1.60. The molecule has 0 radical (unpaired) electrons. The Kier molecular flexibility index (Phi) is 5.22. The lowest BCUT2D eigenvalue weighted by atomic mass is 10.2. The first-order valence-corrected chi connectivity index (χ1v) is 7.07. The summed E-state index contributed by atoms with van der Waals surface area (Å²) in [6.07, 6.45) is 2.74. The van der Waals surface area contributed by atoms with Gasteiger partial charge in [-0.3, -0.25) is 9.80 Å². The largest absolute Gasteiger partial charge is 0.313 e. The molecule has 1 N–H and O–H groups in total. The molecule has 0 aromatic carbocycles. The van der Waals surface area contributed by atoms with E-state index in [2.05, 4.69) is 34.1 Å². The van der Waals surface area contributed by atoms with Gasteiger partial charge in [-0.2, -0.15) is 0 Å². The van der Waals surface area contributed by atoms with Crippen LogP contribution in [0.1, 0.15) is 12.8 Å². The van der Waals surface area contributed by atoms with Crippen LogP contribution in [0.15, 0.2) is 0 Å². The topological polar surface area (TPSA) is 21.8 Å². The molecular formula is C13H28N4. The predicted molar refractivity (Wildman–Crippen MR) is 72.5 cm³/mol. The molecule has 2 fully saturated rings. The minimum Gasteiger partial charge on any atom is -0.313 e. The van der Waals surface area contributed by atoms with E-state index in [-0.39, 0.29) is 0 Å². The lowest BCUT2D eigenvalue weighted by Gasteiger charge is -2.36. The van der Waals surface area contributed by atoms with Crippen molar-refractivity contribution >= 4 is 0 Å². The van der Waals surface area contributed by atoms with Gasteiger partial charge in [0, 0.05) is 51.9 Å². The van der Waals surface area contributed by atoms with Gasteiger partial charge in [0.25, 0.3) is 0 Å². The average molecular weight is 240 g/mol. The summed E-state index contributed by atoms with van der Waals surface area (Å²) >= 11 is 0. The van der Waals surface area contributed by atoms with E-state index in [4.69, 9.17) is 0 Å². The van der Waals surface area contributed by atoms with Gasteiger partial charge in [0.15, 0.2) is 0 Å². The highest BCUT2D eigenvalue weighted by Gasteiger charge is 2.21. The van der Waals surface area contributed by atoms with Crippen molar-refractivity contribution < 1.29 is 0 Å². The van der Waals surface area contributed by atoms with Gasteiger partial charge in [-0.25, -0.2) is 0 Å². The van der Waals surface area contributed by atoms with Crippen LogP contribution >= 0.6 is 0 Å². The van der Waals surface area contributed by atoms with Gasteiger partial charge in [-0.1, -0.05) is 0 Å². The van der Waals surface area contributed by atoms with Crippen molar-refractivity contribution in [3.63, 3.8) is 0 Å². The summed E-state index contributed by atoms with van der Waals surface area (Å²) in [5, 5.41) is 3.59. The van der Waals surface area contributed by atoms with Crippen molar-refractivity contribution in [2.75, 3.05) is 66.5 Å². The summed E-state index contributed by atoms with van der Waals surface area (Å²) in [6.45, 7) is 9.92. The monoisotopic (exact) mass is 240 g/mol. The van der Waals surface area contributed by atoms with Crippen molar-refractivity contribution in [2.24, 2.45) is 0 Å². The van der Waals surface area contributed by atoms with E-state index in [0.717, 1.165) is 6.04 Å². The normalized spacial score (nSPS) is 28.1. The highest BCUT2D eigenvalue weighted by atomic mass is 15.3. The van der Waals surface area contributed by atoms with Crippen LogP contribution in [0.4, 0.5) is 0 Å². The van der Waals surface area contributed by atoms with Gasteiger partial charge >= 0.3 is 0 Å². The molecule has 100 valence electrons. The minimum absolute atomic E-state index is 0.767. The van der Waals surface area contributed by atoms with Crippen LogP contribution in [-0.2, 0) is 0 Å². The smallest absolute Gasteiger partial charge is 0.0195 e. The molecule has 2 saturated heterocycles. The fraction of sp³-hybridized carbons (Fsp3) is 1.00. The number of piperazine rings is 1. The molecule has 2 aliphatic rings. The zero-order valence-corrected chi connectivity index (χ0v) is 11.5. The molecule has 4 heteroatoms. The summed E-state index contributed by atoms with van der Waals surface area (Å²) < 4.78 is 0. The quantitative estimate of drug-likeness (QED) is 0.725. The highest BCUT2D eigenvalue weighted by Crippen LogP contribution is 2.09. The first-order chi connectivity index (χ1) is 8.24. The van der Waals surface area contributed by atoms with Crippen LogP contribution in [0.3, 0.4) is 0 Å². The number of rotatable bonds is 5.